The number of benzene rings is 1. The van der Waals surface area contributed by atoms with Gasteiger partial charge in [-0.25, -0.2) is 8.78 Å². The summed E-state index contributed by atoms with van der Waals surface area (Å²) < 4.78 is 25.8. The van der Waals surface area contributed by atoms with Crippen molar-refractivity contribution in [3.8, 4) is 0 Å². The first kappa shape index (κ1) is 14.8. The van der Waals surface area contributed by atoms with Crippen LogP contribution in [0.15, 0.2) is 18.2 Å². The topological polar surface area (TPSA) is 55.1 Å². The lowest BCUT2D eigenvalue weighted by Gasteiger charge is -2.04. The van der Waals surface area contributed by atoms with Crippen LogP contribution in [0.1, 0.15) is 5.56 Å². The fraction of sp³-hybridized carbons (Fsp3) is 0.300. The summed E-state index contributed by atoms with van der Waals surface area (Å²) in [5, 5.41) is 2.47. The van der Waals surface area contributed by atoms with E-state index in [1.165, 1.54) is 0 Å². The number of carbonyl (C=O) groups excluding carboxylic acids is 1. The zero-order valence-corrected chi connectivity index (χ0v) is 9.32. The lowest BCUT2D eigenvalue weighted by atomic mass is 10.1. The van der Waals surface area contributed by atoms with Crippen LogP contribution in [-0.2, 0) is 11.2 Å². The first-order chi connectivity index (χ1) is 7.13. The summed E-state index contributed by atoms with van der Waals surface area (Å²) in [7, 11) is 0. The fourth-order valence-corrected chi connectivity index (χ4v) is 1.14. The fourth-order valence-electron chi connectivity index (χ4n) is 1.14. The lowest BCUT2D eigenvalue weighted by Crippen LogP contribution is -2.31. The Morgan fingerprint density at radius 3 is 2.69 bits per heavy atom. The van der Waals surface area contributed by atoms with Gasteiger partial charge < -0.3 is 11.1 Å². The summed E-state index contributed by atoms with van der Waals surface area (Å²) in [4.78, 5) is 10.7. The van der Waals surface area contributed by atoms with Crippen LogP contribution in [0.3, 0.4) is 0 Å². The summed E-state index contributed by atoms with van der Waals surface area (Å²) in [5.41, 5.74) is 5.30. The molecule has 0 aromatic heterocycles. The Hall–Kier alpha value is -1.20. The van der Waals surface area contributed by atoms with E-state index in [9.17, 15) is 13.6 Å². The highest BCUT2D eigenvalue weighted by molar-refractivity contribution is 5.85. The van der Waals surface area contributed by atoms with Crippen LogP contribution in [-0.4, -0.2) is 19.0 Å². The summed E-state index contributed by atoms with van der Waals surface area (Å²) in [6, 6.07) is 3.23. The Bertz CT molecular complexity index is 361. The van der Waals surface area contributed by atoms with Crippen molar-refractivity contribution in [1.82, 2.24) is 5.32 Å². The second-order valence-corrected chi connectivity index (χ2v) is 3.04. The molecular weight excluding hydrogens is 238 g/mol. The molecular formula is C10H13ClF2N2O. The largest absolute Gasteiger partial charge is 0.355 e. The molecule has 3 nitrogen and oxygen atoms in total. The molecule has 0 aliphatic rings. The molecule has 0 heterocycles. The molecule has 0 unspecified atom stereocenters. The normalized spacial score (nSPS) is 9.44. The number of nitrogens with one attached hydrogen (secondary N) is 1. The SMILES string of the molecule is Cl.NCC(=O)NCCc1cc(F)ccc1F. The van der Waals surface area contributed by atoms with Gasteiger partial charge in [-0.3, -0.25) is 4.79 Å². The molecule has 1 aromatic rings. The highest BCUT2D eigenvalue weighted by Crippen LogP contribution is 2.09. The van der Waals surface area contributed by atoms with E-state index in [1.807, 2.05) is 0 Å². The molecule has 1 aromatic carbocycles. The van der Waals surface area contributed by atoms with Crippen LogP contribution in [0.5, 0.6) is 0 Å². The van der Waals surface area contributed by atoms with Gasteiger partial charge in [-0.2, -0.15) is 0 Å². The predicted molar refractivity (Wildman–Crippen MR) is 59.4 cm³/mol. The lowest BCUT2D eigenvalue weighted by molar-refractivity contribution is -0.119. The maximum absolute atomic E-state index is 13.1. The molecule has 16 heavy (non-hydrogen) atoms. The van der Waals surface area contributed by atoms with Gasteiger partial charge in [0.15, 0.2) is 0 Å². The van der Waals surface area contributed by atoms with Crippen molar-refractivity contribution in [2.24, 2.45) is 5.73 Å². The van der Waals surface area contributed by atoms with Gasteiger partial charge in [0.25, 0.3) is 0 Å². The molecule has 0 fully saturated rings. The first-order valence-corrected chi connectivity index (χ1v) is 4.54. The van der Waals surface area contributed by atoms with E-state index in [0.717, 1.165) is 18.2 Å². The Labute approximate surface area is 98.4 Å². The monoisotopic (exact) mass is 250 g/mol. The molecule has 6 heteroatoms. The smallest absolute Gasteiger partial charge is 0.233 e. The second-order valence-electron chi connectivity index (χ2n) is 3.04. The van der Waals surface area contributed by atoms with Gasteiger partial charge in [0.1, 0.15) is 11.6 Å². The molecule has 90 valence electrons. The van der Waals surface area contributed by atoms with Gasteiger partial charge in [-0.05, 0) is 30.2 Å². The molecule has 3 N–H and O–H groups in total. The quantitative estimate of drug-likeness (QED) is 0.838. The summed E-state index contributed by atoms with van der Waals surface area (Å²) in [6.45, 7) is 0.141. The van der Waals surface area contributed by atoms with Crippen molar-refractivity contribution < 1.29 is 13.6 Å². The molecule has 0 spiro atoms. The first-order valence-electron chi connectivity index (χ1n) is 4.54. The third-order valence-electron chi connectivity index (χ3n) is 1.91. The molecule has 1 amide bonds. The number of halogens is 3. The van der Waals surface area contributed by atoms with Gasteiger partial charge in [-0.1, -0.05) is 0 Å². The van der Waals surface area contributed by atoms with Crippen molar-refractivity contribution in [1.29, 1.82) is 0 Å². The molecule has 0 aliphatic carbocycles. The standard InChI is InChI=1S/C10H12F2N2O.ClH/c11-8-1-2-9(12)7(5-8)3-4-14-10(15)6-13;/h1-2,5H,3-4,6,13H2,(H,14,15);1H. The zero-order valence-electron chi connectivity index (χ0n) is 8.50. The Kier molecular flexibility index (Phi) is 6.60. The Morgan fingerprint density at radius 1 is 1.38 bits per heavy atom. The molecule has 0 saturated carbocycles. The number of hydrogen-bond acceptors (Lipinski definition) is 2. The number of nitrogens with two attached hydrogens (primary N) is 1. The highest BCUT2D eigenvalue weighted by Gasteiger charge is 2.04. The number of rotatable bonds is 4. The number of amides is 1. The van der Waals surface area contributed by atoms with Crippen LogP contribution in [0.4, 0.5) is 8.78 Å². The van der Waals surface area contributed by atoms with E-state index >= 15 is 0 Å². The van der Waals surface area contributed by atoms with E-state index in [1.54, 1.807) is 0 Å². The highest BCUT2D eigenvalue weighted by atomic mass is 35.5. The van der Waals surface area contributed by atoms with Crippen molar-refractivity contribution in [2.75, 3.05) is 13.1 Å². The molecule has 0 radical (unpaired) electrons. The zero-order chi connectivity index (χ0) is 11.3. The van der Waals surface area contributed by atoms with Crippen molar-refractivity contribution in [3.05, 3.63) is 35.4 Å². The van der Waals surface area contributed by atoms with E-state index in [2.05, 4.69) is 5.32 Å². The predicted octanol–water partition coefficient (Wildman–Crippen LogP) is 1.00. The molecule has 0 saturated heterocycles. The molecule has 0 atom stereocenters. The number of hydrogen-bond donors (Lipinski definition) is 2. The van der Waals surface area contributed by atoms with Crippen molar-refractivity contribution in [2.45, 2.75) is 6.42 Å². The summed E-state index contributed by atoms with van der Waals surface area (Å²) >= 11 is 0. The van der Waals surface area contributed by atoms with Gasteiger partial charge in [0, 0.05) is 6.54 Å². The van der Waals surface area contributed by atoms with Gasteiger partial charge in [0.05, 0.1) is 6.54 Å². The third-order valence-corrected chi connectivity index (χ3v) is 1.91. The maximum Gasteiger partial charge on any atom is 0.233 e. The van der Waals surface area contributed by atoms with Crippen molar-refractivity contribution >= 4 is 18.3 Å². The van der Waals surface area contributed by atoms with E-state index in [4.69, 9.17) is 5.73 Å². The molecule has 1 rings (SSSR count). The van der Waals surface area contributed by atoms with Crippen LogP contribution >= 0.6 is 12.4 Å². The molecule has 0 aliphatic heterocycles. The van der Waals surface area contributed by atoms with E-state index < -0.39 is 11.6 Å². The Morgan fingerprint density at radius 2 is 2.06 bits per heavy atom. The van der Waals surface area contributed by atoms with Crippen LogP contribution in [0.2, 0.25) is 0 Å². The summed E-state index contributed by atoms with van der Waals surface area (Å²) in [6.07, 6.45) is 0.245. The number of carbonyl (C=O) groups is 1. The summed E-state index contributed by atoms with van der Waals surface area (Å²) in [5.74, 6) is -1.28. The average Bonchev–Trinajstić information content (AvgIpc) is 2.23. The van der Waals surface area contributed by atoms with Gasteiger partial charge in [-0.15, -0.1) is 12.4 Å². The Balaban J connectivity index is 0.00000225. The van der Waals surface area contributed by atoms with Gasteiger partial charge >= 0.3 is 0 Å². The second kappa shape index (κ2) is 7.14. The minimum atomic E-state index is -0.489. The van der Waals surface area contributed by atoms with Crippen LogP contribution in [0.25, 0.3) is 0 Å². The van der Waals surface area contributed by atoms with E-state index in [0.29, 0.717) is 0 Å². The average molecular weight is 251 g/mol. The third kappa shape index (κ3) is 4.55. The maximum atomic E-state index is 13.1. The molecule has 0 bridgehead atoms. The van der Waals surface area contributed by atoms with Crippen LogP contribution < -0.4 is 11.1 Å². The minimum absolute atomic E-state index is 0. The van der Waals surface area contributed by atoms with Gasteiger partial charge in [0.2, 0.25) is 5.91 Å². The van der Waals surface area contributed by atoms with E-state index in [-0.39, 0.29) is 43.4 Å². The van der Waals surface area contributed by atoms with Crippen LogP contribution in [0, 0.1) is 11.6 Å². The van der Waals surface area contributed by atoms with Crippen molar-refractivity contribution in [3.63, 3.8) is 0 Å². The minimum Gasteiger partial charge on any atom is -0.355 e.